The van der Waals surface area contributed by atoms with Crippen LogP contribution in [0.3, 0.4) is 0 Å². The van der Waals surface area contributed by atoms with Gasteiger partial charge in [-0.25, -0.2) is 4.99 Å². The van der Waals surface area contributed by atoms with E-state index in [2.05, 4.69) is 31.5 Å². The lowest BCUT2D eigenvalue weighted by Gasteiger charge is -2.19. The molecule has 4 rings (SSSR count). The maximum atomic E-state index is 13.3. The van der Waals surface area contributed by atoms with E-state index in [1.165, 1.54) is 12.8 Å². The fourth-order valence-corrected chi connectivity index (χ4v) is 4.79. The van der Waals surface area contributed by atoms with Crippen molar-refractivity contribution < 1.29 is 14.3 Å². The normalized spacial score (nSPS) is 19.1. The summed E-state index contributed by atoms with van der Waals surface area (Å²) in [6.07, 6.45) is 8.35. The van der Waals surface area contributed by atoms with Gasteiger partial charge in [-0.2, -0.15) is 5.10 Å². The number of allylic oxidation sites excluding steroid dienone is 1. The number of aromatic nitrogens is 2. The summed E-state index contributed by atoms with van der Waals surface area (Å²) in [5, 5.41) is 11.8. The fourth-order valence-electron chi connectivity index (χ4n) is 4.79. The lowest BCUT2D eigenvalue weighted by Crippen LogP contribution is -2.34. The van der Waals surface area contributed by atoms with E-state index >= 15 is 0 Å². The van der Waals surface area contributed by atoms with Gasteiger partial charge in [0.15, 0.2) is 0 Å². The van der Waals surface area contributed by atoms with Crippen molar-refractivity contribution >= 4 is 28.4 Å². The van der Waals surface area contributed by atoms with Crippen LogP contribution in [-0.2, 0) is 16.1 Å². The van der Waals surface area contributed by atoms with Crippen molar-refractivity contribution in [2.75, 3.05) is 26.8 Å². The van der Waals surface area contributed by atoms with Crippen LogP contribution < -0.4 is 10.6 Å². The Hall–Kier alpha value is -2.84. The maximum Gasteiger partial charge on any atom is 0.254 e. The van der Waals surface area contributed by atoms with E-state index in [0.717, 1.165) is 41.4 Å². The molecular weight excluding hydrogens is 418 g/mol. The lowest BCUT2D eigenvalue weighted by atomic mass is 9.95. The molecule has 1 fully saturated rings. The molecule has 1 aliphatic heterocycles. The van der Waals surface area contributed by atoms with Crippen LogP contribution in [0.4, 0.5) is 0 Å². The zero-order valence-corrected chi connectivity index (χ0v) is 19.7. The van der Waals surface area contributed by atoms with Crippen LogP contribution in [0.25, 0.3) is 10.9 Å². The monoisotopic (exact) mass is 451 g/mol. The summed E-state index contributed by atoms with van der Waals surface area (Å²) in [6.45, 7) is 5.93. The first kappa shape index (κ1) is 23.3. The third kappa shape index (κ3) is 5.23. The molecule has 2 amide bonds. The number of ether oxygens (including phenoxy) is 1. The van der Waals surface area contributed by atoms with Crippen LogP contribution in [-0.4, -0.2) is 54.1 Å². The number of aliphatic imine (C=N–C) groups is 1. The van der Waals surface area contributed by atoms with E-state index < -0.39 is 5.92 Å². The molecule has 8 heteroatoms. The van der Waals surface area contributed by atoms with Crippen LogP contribution in [0.15, 0.2) is 35.0 Å². The highest BCUT2D eigenvalue weighted by Gasteiger charge is 2.26. The summed E-state index contributed by atoms with van der Waals surface area (Å²) >= 11 is 0. The molecule has 1 saturated carbocycles. The highest BCUT2D eigenvalue weighted by Crippen LogP contribution is 2.33. The van der Waals surface area contributed by atoms with Crippen LogP contribution in [0, 0.1) is 5.92 Å². The zero-order chi connectivity index (χ0) is 23.4. The van der Waals surface area contributed by atoms with Crippen LogP contribution in [0.1, 0.15) is 61.5 Å². The third-order valence-corrected chi connectivity index (χ3v) is 6.54. The van der Waals surface area contributed by atoms with Crippen molar-refractivity contribution in [3.63, 3.8) is 0 Å². The van der Waals surface area contributed by atoms with E-state index in [1.54, 1.807) is 20.2 Å². The minimum absolute atomic E-state index is 0.198. The Kier molecular flexibility index (Phi) is 7.35. The van der Waals surface area contributed by atoms with E-state index in [4.69, 9.17) is 4.74 Å². The highest BCUT2D eigenvalue weighted by atomic mass is 16.5. The summed E-state index contributed by atoms with van der Waals surface area (Å²) in [6, 6.07) is 4.43. The molecule has 176 valence electrons. The molecule has 33 heavy (non-hydrogen) atoms. The molecule has 0 spiro atoms. The Balaban J connectivity index is 1.58. The second-order valence-electron chi connectivity index (χ2n) is 9.02. The van der Waals surface area contributed by atoms with Crippen LogP contribution >= 0.6 is 0 Å². The number of fused-ring (bicyclic) bond motifs is 1. The molecule has 1 aliphatic carbocycles. The summed E-state index contributed by atoms with van der Waals surface area (Å²) in [7, 11) is 1.68. The second-order valence-corrected chi connectivity index (χ2v) is 9.02. The van der Waals surface area contributed by atoms with Gasteiger partial charge < -0.3 is 15.4 Å². The molecule has 0 saturated heterocycles. The maximum absolute atomic E-state index is 13.3. The number of amides is 2. The lowest BCUT2D eigenvalue weighted by molar-refractivity contribution is -0.120. The summed E-state index contributed by atoms with van der Waals surface area (Å²) in [4.78, 5) is 29.7. The van der Waals surface area contributed by atoms with Crippen LogP contribution in [0.2, 0.25) is 0 Å². The SMILES string of the molecule is COCCNCc1cc(C(=O)NCC2C(=O)N=C(C)C=C2C)c2cnn(C3CCCC3)c2c1. The van der Waals surface area contributed by atoms with Gasteiger partial charge in [-0.3, -0.25) is 14.3 Å². The molecule has 1 aromatic heterocycles. The number of nitrogens with one attached hydrogen (secondary N) is 2. The Labute approximate surface area is 194 Å². The van der Waals surface area contributed by atoms with E-state index in [-0.39, 0.29) is 18.4 Å². The molecular formula is C25H33N5O3. The smallest absolute Gasteiger partial charge is 0.254 e. The van der Waals surface area contributed by atoms with Gasteiger partial charge in [0.1, 0.15) is 0 Å². The number of carbonyl (C=O) groups excluding carboxylic acids is 2. The summed E-state index contributed by atoms with van der Waals surface area (Å²) in [5.74, 6) is -0.826. The minimum Gasteiger partial charge on any atom is -0.383 e. The number of rotatable bonds is 9. The first-order valence-electron chi connectivity index (χ1n) is 11.7. The summed E-state index contributed by atoms with van der Waals surface area (Å²) in [5.41, 5.74) is 4.22. The molecule has 1 unspecified atom stereocenters. The number of dihydropyridines is 1. The number of hydrogen-bond acceptors (Lipinski definition) is 5. The van der Waals surface area contributed by atoms with Gasteiger partial charge in [0, 0.05) is 37.8 Å². The fraction of sp³-hybridized carbons (Fsp3) is 0.520. The van der Waals surface area contributed by atoms with Crippen molar-refractivity contribution in [1.82, 2.24) is 20.4 Å². The van der Waals surface area contributed by atoms with E-state index in [1.807, 2.05) is 19.1 Å². The predicted octanol–water partition coefficient (Wildman–Crippen LogP) is 3.18. The molecule has 2 N–H and O–H groups in total. The van der Waals surface area contributed by atoms with E-state index in [9.17, 15) is 9.59 Å². The molecule has 8 nitrogen and oxygen atoms in total. The molecule has 1 atom stereocenters. The van der Waals surface area contributed by atoms with Gasteiger partial charge in [-0.05, 0) is 50.5 Å². The van der Waals surface area contributed by atoms with Gasteiger partial charge >= 0.3 is 0 Å². The van der Waals surface area contributed by atoms with Crippen molar-refractivity contribution in [3.8, 4) is 0 Å². The molecule has 0 radical (unpaired) electrons. The quantitative estimate of drug-likeness (QED) is 0.571. The molecule has 2 aromatic rings. The van der Waals surface area contributed by atoms with Crippen molar-refractivity contribution in [2.45, 2.75) is 52.1 Å². The van der Waals surface area contributed by atoms with Gasteiger partial charge in [0.05, 0.1) is 35.8 Å². The van der Waals surface area contributed by atoms with Crippen molar-refractivity contribution in [2.24, 2.45) is 10.9 Å². The molecule has 2 aliphatic rings. The van der Waals surface area contributed by atoms with E-state index in [0.29, 0.717) is 30.5 Å². The Morgan fingerprint density at radius 2 is 2.03 bits per heavy atom. The average molecular weight is 452 g/mol. The second kappa shape index (κ2) is 10.4. The number of nitrogens with zero attached hydrogens (tertiary/aromatic N) is 3. The van der Waals surface area contributed by atoms with Crippen molar-refractivity contribution in [3.05, 3.63) is 41.1 Å². The number of methoxy groups -OCH3 is 1. The van der Waals surface area contributed by atoms with Gasteiger partial charge in [0.25, 0.3) is 11.8 Å². The minimum atomic E-state index is -0.423. The zero-order valence-electron chi connectivity index (χ0n) is 19.7. The number of carbonyl (C=O) groups is 2. The Morgan fingerprint density at radius 1 is 1.24 bits per heavy atom. The van der Waals surface area contributed by atoms with Crippen molar-refractivity contribution in [1.29, 1.82) is 0 Å². The largest absolute Gasteiger partial charge is 0.383 e. The number of benzene rings is 1. The summed E-state index contributed by atoms with van der Waals surface area (Å²) < 4.78 is 7.21. The first-order valence-corrected chi connectivity index (χ1v) is 11.7. The Morgan fingerprint density at radius 3 is 2.76 bits per heavy atom. The topological polar surface area (TPSA) is 97.6 Å². The predicted molar refractivity (Wildman–Crippen MR) is 129 cm³/mol. The molecule has 1 aromatic carbocycles. The average Bonchev–Trinajstić information content (AvgIpc) is 3.45. The highest BCUT2D eigenvalue weighted by molar-refractivity contribution is 6.08. The third-order valence-electron chi connectivity index (χ3n) is 6.54. The molecule has 2 heterocycles. The van der Waals surface area contributed by atoms with Gasteiger partial charge in [0.2, 0.25) is 0 Å². The molecule has 0 bridgehead atoms. The standard InChI is InChI=1S/C25H33N5O3/c1-16-10-17(2)29-25(32)21(16)14-27-24(31)20-11-18(13-26-8-9-33-3)12-23-22(20)15-28-30(23)19-6-4-5-7-19/h10-12,15,19,21,26H,4-9,13-14H2,1-3H3,(H,27,31). The Bertz CT molecular complexity index is 1090. The van der Waals surface area contributed by atoms with Gasteiger partial charge in [-0.1, -0.05) is 18.4 Å². The first-order chi connectivity index (χ1) is 16.0. The van der Waals surface area contributed by atoms with Crippen LogP contribution in [0.5, 0.6) is 0 Å². The number of hydrogen-bond donors (Lipinski definition) is 2. The van der Waals surface area contributed by atoms with Gasteiger partial charge in [-0.15, -0.1) is 0 Å².